The average molecular weight is 167 g/mol. The van der Waals surface area contributed by atoms with E-state index in [1.807, 2.05) is 12.4 Å². The second-order valence-corrected chi connectivity index (χ2v) is 3.42. The van der Waals surface area contributed by atoms with Crippen LogP contribution >= 0.6 is 0 Å². The predicted molar refractivity (Wildman–Crippen MR) is 55.5 cm³/mol. The molecule has 0 atom stereocenters. The van der Waals surface area contributed by atoms with Crippen LogP contribution in [-0.2, 0) is 0 Å². The molecular weight excluding hydrogens is 158 g/mol. The van der Waals surface area contributed by atoms with Gasteiger partial charge in [0.05, 0.1) is 0 Å². The van der Waals surface area contributed by atoms with Gasteiger partial charge in [-0.15, -0.1) is 0 Å². The van der Waals surface area contributed by atoms with Crippen LogP contribution in [0.2, 0.25) is 0 Å². The van der Waals surface area contributed by atoms with Crippen LogP contribution in [0.15, 0.2) is 41.0 Å². The number of hydrogen-bond acceptors (Lipinski definition) is 1. The minimum absolute atomic E-state index is 1.04. The lowest BCUT2D eigenvalue weighted by atomic mass is 9.88. The molecule has 3 rings (SSSR count). The minimum Gasteiger partial charge on any atom is -0.264 e. The zero-order valence-electron chi connectivity index (χ0n) is 7.20. The number of aliphatic imine (C=N–C) groups is 1. The summed E-state index contributed by atoms with van der Waals surface area (Å²) in [5.74, 6) is 0. The Kier molecular flexibility index (Phi) is 1.28. The number of rotatable bonds is 0. The zero-order chi connectivity index (χ0) is 8.67. The summed E-state index contributed by atoms with van der Waals surface area (Å²) < 4.78 is 0. The Hall–Kier alpha value is -1.63. The molecule has 0 N–H and O–H groups in total. The smallest absolute Gasteiger partial charge is 0.0309 e. The van der Waals surface area contributed by atoms with Gasteiger partial charge in [-0.05, 0) is 28.3 Å². The molecule has 2 bridgehead atoms. The standard InChI is InChI=1S/C12H9N/c1-2-4-12-10(3-1)5-9-6-11(12)8-13-7-9/h1-5,7-8H,6H2. The highest BCUT2D eigenvalue weighted by atomic mass is 14.7. The molecule has 1 aliphatic carbocycles. The van der Waals surface area contributed by atoms with E-state index >= 15 is 0 Å². The Morgan fingerprint density at radius 2 is 2.08 bits per heavy atom. The van der Waals surface area contributed by atoms with E-state index in [1.165, 1.54) is 22.3 Å². The van der Waals surface area contributed by atoms with Gasteiger partial charge in [0, 0.05) is 18.8 Å². The van der Waals surface area contributed by atoms with E-state index in [1.54, 1.807) is 0 Å². The van der Waals surface area contributed by atoms with Crippen LogP contribution in [0.25, 0.3) is 11.6 Å². The lowest BCUT2D eigenvalue weighted by Gasteiger charge is -2.19. The Morgan fingerprint density at radius 3 is 3.08 bits per heavy atom. The number of hydrogen-bond donors (Lipinski definition) is 0. The second-order valence-electron chi connectivity index (χ2n) is 3.42. The molecule has 0 spiro atoms. The second kappa shape index (κ2) is 2.43. The molecule has 0 fully saturated rings. The third-order valence-corrected chi connectivity index (χ3v) is 2.51. The van der Waals surface area contributed by atoms with Crippen LogP contribution < -0.4 is 0 Å². The lowest BCUT2D eigenvalue weighted by molar-refractivity contribution is 1.27. The van der Waals surface area contributed by atoms with E-state index in [9.17, 15) is 0 Å². The van der Waals surface area contributed by atoms with Gasteiger partial charge in [-0.2, -0.15) is 0 Å². The quantitative estimate of drug-likeness (QED) is 0.563. The fourth-order valence-corrected chi connectivity index (χ4v) is 1.90. The van der Waals surface area contributed by atoms with E-state index < -0.39 is 0 Å². The molecule has 0 radical (unpaired) electrons. The van der Waals surface area contributed by atoms with Crippen molar-refractivity contribution in [2.45, 2.75) is 6.42 Å². The lowest BCUT2D eigenvalue weighted by Crippen LogP contribution is -2.02. The molecule has 13 heavy (non-hydrogen) atoms. The minimum atomic E-state index is 1.04. The Balaban J connectivity index is 2.32. The largest absolute Gasteiger partial charge is 0.264 e. The maximum atomic E-state index is 4.21. The summed E-state index contributed by atoms with van der Waals surface area (Å²) in [6, 6.07) is 8.47. The normalized spacial score (nSPS) is 17.5. The summed E-state index contributed by atoms with van der Waals surface area (Å²) in [5, 5.41) is 0. The number of benzene rings is 1. The summed E-state index contributed by atoms with van der Waals surface area (Å²) in [5.41, 5.74) is 5.32. The third-order valence-electron chi connectivity index (χ3n) is 2.51. The van der Waals surface area contributed by atoms with Crippen molar-refractivity contribution in [2.75, 3.05) is 0 Å². The van der Waals surface area contributed by atoms with Gasteiger partial charge >= 0.3 is 0 Å². The molecular formula is C12H9N. The van der Waals surface area contributed by atoms with Crippen molar-refractivity contribution in [3.8, 4) is 0 Å². The van der Waals surface area contributed by atoms with Crippen molar-refractivity contribution in [1.29, 1.82) is 0 Å². The van der Waals surface area contributed by atoms with Gasteiger partial charge in [0.1, 0.15) is 0 Å². The monoisotopic (exact) mass is 167 g/mol. The number of fused-ring (bicyclic) bond motifs is 4. The van der Waals surface area contributed by atoms with Crippen molar-refractivity contribution in [1.82, 2.24) is 0 Å². The van der Waals surface area contributed by atoms with Crippen molar-refractivity contribution in [3.63, 3.8) is 0 Å². The SMILES string of the molecule is C1=NC=C2CC1=Cc1ccccc12. The Morgan fingerprint density at radius 1 is 1.15 bits per heavy atom. The van der Waals surface area contributed by atoms with Crippen molar-refractivity contribution < 1.29 is 0 Å². The Labute approximate surface area is 77.1 Å². The predicted octanol–water partition coefficient (Wildman–Crippen LogP) is 2.90. The number of allylic oxidation sites excluding steroid dienone is 2. The molecule has 1 nitrogen and oxygen atoms in total. The summed E-state index contributed by atoms with van der Waals surface area (Å²) in [7, 11) is 0. The van der Waals surface area contributed by atoms with Crippen LogP contribution in [0, 0.1) is 0 Å². The first-order valence-corrected chi connectivity index (χ1v) is 4.46. The zero-order valence-corrected chi connectivity index (χ0v) is 7.20. The highest BCUT2D eigenvalue weighted by molar-refractivity contribution is 5.97. The fourth-order valence-electron chi connectivity index (χ4n) is 1.90. The van der Waals surface area contributed by atoms with Crippen LogP contribution in [0.1, 0.15) is 17.5 Å². The molecule has 0 amide bonds. The van der Waals surface area contributed by atoms with Crippen molar-refractivity contribution in [2.24, 2.45) is 4.99 Å². The van der Waals surface area contributed by atoms with E-state index in [4.69, 9.17) is 0 Å². The van der Waals surface area contributed by atoms with Crippen LogP contribution in [0.3, 0.4) is 0 Å². The molecule has 1 aliphatic heterocycles. The third kappa shape index (κ3) is 0.970. The first-order valence-electron chi connectivity index (χ1n) is 4.46. The molecule has 1 aromatic rings. The van der Waals surface area contributed by atoms with Crippen molar-refractivity contribution >= 4 is 17.9 Å². The first kappa shape index (κ1) is 6.84. The van der Waals surface area contributed by atoms with E-state index in [-0.39, 0.29) is 0 Å². The summed E-state index contributed by atoms with van der Waals surface area (Å²) in [4.78, 5) is 4.21. The molecule has 0 unspecified atom stereocenters. The van der Waals surface area contributed by atoms with Crippen LogP contribution in [0.4, 0.5) is 0 Å². The highest BCUT2D eigenvalue weighted by Gasteiger charge is 2.15. The van der Waals surface area contributed by atoms with Gasteiger partial charge < -0.3 is 0 Å². The van der Waals surface area contributed by atoms with Crippen molar-refractivity contribution in [3.05, 3.63) is 47.2 Å². The van der Waals surface area contributed by atoms with Gasteiger partial charge in [-0.1, -0.05) is 24.3 Å². The molecule has 0 saturated heterocycles. The molecule has 0 aromatic heterocycles. The van der Waals surface area contributed by atoms with Gasteiger partial charge in [-0.25, -0.2) is 0 Å². The van der Waals surface area contributed by atoms with Crippen LogP contribution in [-0.4, -0.2) is 6.21 Å². The molecule has 1 heteroatoms. The molecule has 1 aromatic carbocycles. The molecule has 62 valence electrons. The summed E-state index contributed by atoms with van der Waals surface area (Å²) in [6.07, 6.45) is 7.17. The highest BCUT2D eigenvalue weighted by Crippen LogP contribution is 2.33. The van der Waals surface area contributed by atoms with Gasteiger partial charge in [0.25, 0.3) is 0 Å². The topological polar surface area (TPSA) is 12.4 Å². The van der Waals surface area contributed by atoms with E-state index in [0.717, 1.165) is 6.42 Å². The average Bonchev–Trinajstić information content (AvgIpc) is 2.18. The molecule has 2 aliphatic rings. The maximum absolute atomic E-state index is 4.21. The van der Waals surface area contributed by atoms with E-state index in [0.29, 0.717) is 0 Å². The molecule has 0 saturated carbocycles. The van der Waals surface area contributed by atoms with Gasteiger partial charge in [0.2, 0.25) is 0 Å². The first-order chi connectivity index (χ1) is 6.43. The fraction of sp³-hybridized carbons (Fsp3) is 0.0833. The van der Waals surface area contributed by atoms with Gasteiger partial charge in [-0.3, -0.25) is 4.99 Å². The molecule has 1 heterocycles. The van der Waals surface area contributed by atoms with Crippen LogP contribution in [0.5, 0.6) is 0 Å². The van der Waals surface area contributed by atoms with E-state index in [2.05, 4.69) is 35.3 Å². The maximum Gasteiger partial charge on any atom is 0.0309 e. The summed E-state index contributed by atoms with van der Waals surface area (Å²) in [6.45, 7) is 0. The number of nitrogens with zero attached hydrogens (tertiary/aromatic N) is 1. The Bertz CT molecular complexity index is 450. The van der Waals surface area contributed by atoms with Gasteiger partial charge in [0.15, 0.2) is 0 Å². The summed E-state index contributed by atoms with van der Waals surface area (Å²) >= 11 is 0.